The highest BCUT2D eigenvalue weighted by atomic mass is 35.5. The van der Waals surface area contributed by atoms with Crippen molar-refractivity contribution < 1.29 is 18.0 Å². The van der Waals surface area contributed by atoms with E-state index in [9.17, 15) is 18.0 Å². The van der Waals surface area contributed by atoms with Gasteiger partial charge in [-0.25, -0.2) is 8.42 Å². The molecule has 0 spiro atoms. The largest absolute Gasteiger partial charge is 0.352 e. The fraction of sp³-hybridized carbons (Fsp3) is 0.257. The first-order valence-corrected chi connectivity index (χ1v) is 16.8. The Hall–Kier alpha value is -3.85. The van der Waals surface area contributed by atoms with E-state index in [1.54, 1.807) is 49.4 Å². The number of hydrogen-bond acceptors (Lipinski definition) is 4. The van der Waals surface area contributed by atoms with Crippen molar-refractivity contribution in [2.75, 3.05) is 10.8 Å². The summed E-state index contributed by atoms with van der Waals surface area (Å²) in [5.74, 6) is -0.933. The van der Waals surface area contributed by atoms with E-state index in [0.29, 0.717) is 26.9 Å². The van der Waals surface area contributed by atoms with Gasteiger partial charge in [0.2, 0.25) is 11.8 Å². The van der Waals surface area contributed by atoms with Crippen molar-refractivity contribution in [1.82, 2.24) is 10.2 Å². The first-order valence-electron chi connectivity index (χ1n) is 14.6. The van der Waals surface area contributed by atoms with E-state index in [1.807, 2.05) is 63.2 Å². The van der Waals surface area contributed by atoms with Gasteiger partial charge in [-0.05, 0) is 80.3 Å². The number of sulfonamides is 1. The van der Waals surface area contributed by atoms with E-state index < -0.39 is 28.5 Å². The maximum Gasteiger partial charge on any atom is 0.264 e. The highest BCUT2D eigenvalue weighted by molar-refractivity contribution is 7.92. The highest BCUT2D eigenvalue weighted by Crippen LogP contribution is 2.29. The van der Waals surface area contributed by atoms with Crippen LogP contribution in [0.25, 0.3) is 0 Å². The van der Waals surface area contributed by atoms with Gasteiger partial charge >= 0.3 is 0 Å². The predicted octanol–water partition coefficient (Wildman–Crippen LogP) is 6.97. The standard InChI is InChI=1S/C35H37Cl2N3O4S/c1-24(2)38-35(42)33(20-27-11-7-5-8-12-27)39(22-28-17-18-29(36)21-31(28)37)34(41)23-40(32-19-25(3)15-16-26(32)4)45(43,44)30-13-9-6-10-14-30/h5-19,21,24,33H,20,22-23H2,1-4H3,(H,38,42)/t33-/m1/s1. The number of carbonyl (C=O) groups is 2. The summed E-state index contributed by atoms with van der Waals surface area (Å²) in [6, 6.07) is 26.6. The van der Waals surface area contributed by atoms with E-state index in [4.69, 9.17) is 23.2 Å². The van der Waals surface area contributed by atoms with Crippen LogP contribution in [-0.4, -0.2) is 43.8 Å². The molecular weight excluding hydrogens is 629 g/mol. The number of nitrogens with zero attached hydrogens (tertiary/aromatic N) is 2. The molecule has 4 aromatic rings. The zero-order valence-corrected chi connectivity index (χ0v) is 28.0. The van der Waals surface area contributed by atoms with Crippen LogP contribution in [0.15, 0.2) is 102 Å². The van der Waals surface area contributed by atoms with Crippen LogP contribution in [0, 0.1) is 13.8 Å². The van der Waals surface area contributed by atoms with Gasteiger partial charge in [0, 0.05) is 29.1 Å². The third-order valence-electron chi connectivity index (χ3n) is 7.30. The van der Waals surface area contributed by atoms with Crippen molar-refractivity contribution in [1.29, 1.82) is 0 Å². The molecule has 45 heavy (non-hydrogen) atoms. The number of rotatable bonds is 12. The summed E-state index contributed by atoms with van der Waals surface area (Å²) in [7, 11) is -4.19. The Bertz CT molecular complexity index is 1750. The van der Waals surface area contributed by atoms with Gasteiger partial charge in [0.05, 0.1) is 10.6 Å². The molecule has 7 nitrogen and oxygen atoms in total. The Morgan fingerprint density at radius 1 is 0.844 bits per heavy atom. The summed E-state index contributed by atoms with van der Waals surface area (Å²) in [6.07, 6.45) is 0.200. The van der Waals surface area contributed by atoms with E-state index in [2.05, 4.69) is 5.32 Å². The van der Waals surface area contributed by atoms with Gasteiger partial charge < -0.3 is 10.2 Å². The second-order valence-electron chi connectivity index (χ2n) is 11.2. The van der Waals surface area contributed by atoms with Crippen LogP contribution in [0.5, 0.6) is 0 Å². The molecule has 0 aliphatic carbocycles. The average Bonchev–Trinajstić information content (AvgIpc) is 3.00. The molecule has 0 radical (unpaired) electrons. The molecule has 0 saturated heterocycles. The molecule has 0 heterocycles. The zero-order valence-electron chi connectivity index (χ0n) is 25.7. The third kappa shape index (κ3) is 8.66. The molecule has 0 unspecified atom stereocenters. The first-order chi connectivity index (χ1) is 21.4. The fourth-order valence-corrected chi connectivity index (χ4v) is 6.95. The summed E-state index contributed by atoms with van der Waals surface area (Å²) in [4.78, 5) is 29.9. The number of hydrogen-bond donors (Lipinski definition) is 1. The fourth-order valence-electron chi connectivity index (χ4n) is 4.99. The monoisotopic (exact) mass is 665 g/mol. The molecular formula is C35H37Cl2N3O4S. The first kappa shape index (κ1) is 34.0. The van der Waals surface area contributed by atoms with E-state index >= 15 is 0 Å². The van der Waals surface area contributed by atoms with Gasteiger partial charge in [-0.3, -0.25) is 13.9 Å². The molecule has 1 N–H and O–H groups in total. The molecule has 2 amide bonds. The SMILES string of the molecule is Cc1ccc(C)c(N(CC(=O)N(Cc2ccc(Cl)cc2Cl)[C@H](Cc2ccccc2)C(=O)NC(C)C)S(=O)(=O)c2ccccc2)c1. The smallest absolute Gasteiger partial charge is 0.264 e. The Labute approximate surface area is 275 Å². The van der Waals surface area contributed by atoms with Gasteiger partial charge in [0.1, 0.15) is 12.6 Å². The maximum absolute atomic E-state index is 14.6. The Morgan fingerprint density at radius 3 is 2.11 bits per heavy atom. The lowest BCUT2D eigenvalue weighted by Gasteiger charge is -2.34. The Morgan fingerprint density at radius 2 is 1.49 bits per heavy atom. The van der Waals surface area contributed by atoms with E-state index in [-0.39, 0.29) is 29.8 Å². The van der Waals surface area contributed by atoms with Crippen molar-refractivity contribution in [3.05, 3.63) is 129 Å². The third-order valence-corrected chi connectivity index (χ3v) is 9.66. The van der Waals surface area contributed by atoms with Crippen LogP contribution in [-0.2, 0) is 32.6 Å². The van der Waals surface area contributed by atoms with Crippen molar-refractivity contribution in [2.45, 2.75) is 57.6 Å². The molecule has 0 fully saturated rings. The molecule has 4 aromatic carbocycles. The molecule has 0 saturated carbocycles. The second kappa shape index (κ2) is 15.0. The van der Waals surface area contributed by atoms with E-state index in [0.717, 1.165) is 15.4 Å². The quantitative estimate of drug-likeness (QED) is 0.177. The Balaban J connectivity index is 1.85. The van der Waals surface area contributed by atoms with Crippen LogP contribution in [0.3, 0.4) is 0 Å². The van der Waals surface area contributed by atoms with Gasteiger partial charge in [-0.1, -0.05) is 89.9 Å². The van der Waals surface area contributed by atoms with Crippen LogP contribution >= 0.6 is 23.2 Å². The number of nitrogens with one attached hydrogen (secondary N) is 1. The van der Waals surface area contributed by atoms with Gasteiger partial charge in [-0.2, -0.15) is 0 Å². The van der Waals surface area contributed by atoms with Gasteiger partial charge in [-0.15, -0.1) is 0 Å². The molecule has 4 rings (SSSR count). The second-order valence-corrected chi connectivity index (χ2v) is 13.9. The highest BCUT2D eigenvalue weighted by Gasteiger charge is 2.35. The van der Waals surface area contributed by atoms with Crippen molar-refractivity contribution in [3.63, 3.8) is 0 Å². The molecule has 0 bridgehead atoms. The van der Waals surface area contributed by atoms with Crippen LogP contribution < -0.4 is 9.62 Å². The maximum atomic E-state index is 14.6. The van der Waals surface area contributed by atoms with E-state index in [1.165, 1.54) is 17.0 Å². The lowest BCUT2D eigenvalue weighted by Crippen LogP contribution is -2.54. The lowest BCUT2D eigenvalue weighted by atomic mass is 10.0. The molecule has 236 valence electrons. The number of anilines is 1. The van der Waals surface area contributed by atoms with Gasteiger partial charge in [0.15, 0.2) is 0 Å². The summed E-state index contributed by atoms with van der Waals surface area (Å²) < 4.78 is 29.5. The Kier molecular flexibility index (Phi) is 11.3. The van der Waals surface area contributed by atoms with Gasteiger partial charge in [0.25, 0.3) is 10.0 Å². The number of halogens is 2. The van der Waals surface area contributed by atoms with Crippen molar-refractivity contribution in [3.8, 4) is 0 Å². The molecule has 0 aromatic heterocycles. The lowest BCUT2D eigenvalue weighted by molar-refractivity contribution is -0.140. The minimum absolute atomic E-state index is 0.0457. The summed E-state index contributed by atoms with van der Waals surface area (Å²) in [6.45, 7) is 6.74. The molecule has 0 aliphatic rings. The van der Waals surface area contributed by atoms with Crippen molar-refractivity contribution in [2.24, 2.45) is 0 Å². The molecule has 10 heteroatoms. The molecule has 1 atom stereocenters. The van der Waals surface area contributed by atoms with Crippen molar-refractivity contribution >= 4 is 50.7 Å². The average molecular weight is 667 g/mol. The topological polar surface area (TPSA) is 86.8 Å². The predicted molar refractivity (Wildman–Crippen MR) is 181 cm³/mol. The zero-order chi connectivity index (χ0) is 32.7. The number of carbonyl (C=O) groups excluding carboxylic acids is 2. The summed E-state index contributed by atoms with van der Waals surface area (Å²) in [5, 5.41) is 3.70. The number of amides is 2. The van der Waals surface area contributed by atoms with Crippen LogP contribution in [0.2, 0.25) is 10.0 Å². The molecule has 0 aliphatic heterocycles. The number of aryl methyl sites for hydroxylation is 2. The minimum atomic E-state index is -4.19. The normalized spacial score (nSPS) is 12.1. The minimum Gasteiger partial charge on any atom is -0.352 e. The summed E-state index contributed by atoms with van der Waals surface area (Å²) in [5.41, 5.74) is 3.29. The number of benzene rings is 4. The van der Waals surface area contributed by atoms with Crippen LogP contribution in [0.4, 0.5) is 5.69 Å². The summed E-state index contributed by atoms with van der Waals surface area (Å²) >= 11 is 12.7. The van der Waals surface area contributed by atoms with Crippen LogP contribution in [0.1, 0.15) is 36.1 Å².